The summed E-state index contributed by atoms with van der Waals surface area (Å²) < 4.78 is 102. The van der Waals surface area contributed by atoms with Crippen molar-refractivity contribution in [1.29, 1.82) is 0 Å². The molecule has 0 saturated carbocycles. The fraction of sp³-hybridized carbons (Fsp3) is 0.553. The van der Waals surface area contributed by atoms with Crippen LogP contribution in [0.2, 0.25) is 5.02 Å². The number of benzene rings is 1. The van der Waals surface area contributed by atoms with Crippen molar-refractivity contribution in [2.45, 2.75) is 55.7 Å². The Kier molecular flexibility index (Phi) is 13.2. The Labute approximate surface area is 330 Å². The van der Waals surface area contributed by atoms with Crippen molar-refractivity contribution in [1.82, 2.24) is 24.6 Å². The molecular weight excluding hydrogens is 788 g/mol. The lowest BCUT2D eigenvalue weighted by molar-refractivity contribution is -0.164. The van der Waals surface area contributed by atoms with E-state index in [0.29, 0.717) is 62.1 Å². The zero-order valence-corrected chi connectivity index (χ0v) is 32.6. The van der Waals surface area contributed by atoms with E-state index in [9.17, 15) is 31.1 Å². The summed E-state index contributed by atoms with van der Waals surface area (Å²) in [5.74, 6) is -1.90. The molecule has 10 nitrogen and oxygen atoms in total. The number of alkyl halides is 6. The molecule has 1 aromatic carbocycles. The summed E-state index contributed by atoms with van der Waals surface area (Å²) in [6.07, 6.45) is -8.00. The van der Waals surface area contributed by atoms with Crippen LogP contribution in [0.5, 0.6) is 5.75 Å². The summed E-state index contributed by atoms with van der Waals surface area (Å²) in [5.41, 5.74) is -2.44. The number of piperidine rings is 1. The van der Waals surface area contributed by atoms with E-state index in [-0.39, 0.29) is 44.7 Å². The van der Waals surface area contributed by atoms with Gasteiger partial charge in [0.25, 0.3) is 11.8 Å². The van der Waals surface area contributed by atoms with Gasteiger partial charge in [-0.05, 0) is 54.7 Å². The van der Waals surface area contributed by atoms with E-state index in [4.69, 9.17) is 25.8 Å². The molecule has 0 N–H and O–H groups in total. The van der Waals surface area contributed by atoms with E-state index in [1.54, 1.807) is 24.1 Å². The van der Waals surface area contributed by atoms with Gasteiger partial charge >= 0.3 is 12.4 Å². The predicted octanol–water partition coefficient (Wildman–Crippen LogP) is 6.68. The molecule has 1 unspecified atom stereocenters. The maximum Gasteiger partial charge on any atom is 0.425 e. The van der Waals surface area contributed by atoms with Crippen LogP contribution in [-0.2, 0) is 33.0 Å². The van der Waals surface area contributed by atoms with Crippen molar-refractivity contribution >= 4 is 34.8 Å². The lowest BCUT2D eigenvalue weighted by atomic mass is 9.79. The highest BCUT2D eigenvalue weighted by molar-refractivity contribution is 7.10. The van der Waals surface area contributed by atoms with Crippen LogP contribution in [0.25, 0.3) is 0 Å². The van der Waals surface area contributed by atoms with Crippen LogP contribution >= 0.6 is 22.9 Å². The fourth-order valence-electron chi connectivity index (χ4n) is 8.07. The first-order chi connectivity index (χ1) is 26.7. The number of halogens is 7. The average Bonchev–Trinajstić information content (AvgIpc) is 3.65. The van der Waals surface area contributed by atoms with Crippen LogP contribution in [0.1, 0.15) is 57.4 Å². The number of aromatic nitrogens is 1. The standard InChI is InChI=1S/C38H44ClF6N5O5S/c1-53-20-19-48-17-15-47(16-18-48)13-9-31-36(55-27-22-32(56-24-27)38(43,44)45,10-4-12-50(31)34(51)33-29(37(40,41)42)5-3-11-46-33)35(52)49-14-8-25-21-26(39)6-7-28(25)30(49)23-54-2/h3,5-7,11,21-22,24,30-31H,4,8-10,12-20,23H2,1-2H3/t30?,31-,36+/m1/s1. The molecule has 3 aliphatic heterocycles. The highest BCUT2D eigenvalue weighted by Gasteiger charge is 2.57. The molecule has 0 bridgehead atoms. The van der Waals surface area contributed by atoms with Crippen molar-refractivity contribution in [3.63, 3.8) is 0 Å². The van der Waals surface area contributed by atoms with E-state index in [1.807, 2.05) is 6.07 Å². The monoisotopic (exact) mass is 831 g/mol. The number of rotatable bonds is 12. The minimum atomic E-state index is -4.92. The first kappa shape index (κ1) is 42.1. The number of hydrogen-bond donors (Lipinski definition) is 0. The molecule has 306 valence electrons. The zero-order valence-electron chi connectivity index (χ0n) is 31.0. The van der Waals surface area contributed by atoms with Crippen LogP contribution in [0.15, 0.2) is 48.0 Å². The number of nitrogens with zero attached hydrogens (tertiary/aromatic N) is 5. The lowest BCUT2D eigenvalue weighted by Gasteiger charge is -2.51. The van der Waals surface area contributed by atoms with Crippen LogP contribution in [0.4, 0.5) is 26.3 Å². The smallest absolute Gasteiger partial charge is 0.425 e. The van der Waals surface area contributed by atoms with Gasteiger partial charge in [-0.3, -0.25) is 19.5 Å². The molecule has 3 aliphatic rings. The van der Waals surface area contributed by atoms with Crippen molar-refractivity contribution < 1.29 is 50.1 Å². The molecule has 0 spiro atoms. The normalized spacial score (nSPS) is 22.6. The second kappa shape index (κ2) is 17.6. The maximum atomic E-state index is 15.5. The number of piperazine rings is 1. The summed E-state index contributed by atoms with van der Waals surface area (Å²) in [5, 5.41) is 1.67. The van der Waals surface area contributed by atoms with E-state index in [2.05, 4.69) is 14.8 Å². The number of methoxy groups -OCH3 is 2. The Bertz CT molecular complexity index is 1840. The number of carbonyl (C=O) groups excluding carboxylic acids is 2. The fourth-order valence-corrected chi connectivity index (χ4v) is 8.94. The summed E-state index contributed by atoms with van der Waals surface area (Å²) in [7, 11) is 3.11. The molecule has 0 radical (unpaired) electrons. The number of carbonyl (C=O) groups is 2. The largest absolute Gasteiger partial charge is 0.474 e. The quantitative estimate of drug-likeness (QED) is 0.187. The van der Waals surface area contributed by atoms with Gasteiger partial charge < -0.3 is 28.9 Å². The third kappa shape index (κ3) is 9.12. The Balaban J connectivity index is 1.45. The van der Waals surface area contributed by atoms with Crippen molar-refractivity contribution in [2.75, 3.05) is 79.8 Å². The summed E-state index contributed by atoms with van der Waals surface area (Å²) in [6.45, 7) is 4.47. The van der Waals surface area contributed by atoms with Crippen molar-refractivity contribution in [2.24, 2.45) is 0 Å². The van der Waals surface area contributed by atoms with E-state index < -0.39 is 58.0 Å². The third-order valence-electron chi connectivity index (χ3n) is 10.8. The predicted molar refractivity (Wildman–Crippen MR) is 197 cm³/mol. The summed E-state index contributed by atoms with van der Waals surface area (Å²) in [4.78, 5) is 40.1. The Hall–Kier alpha value is -3.48. The van der Waals surface area contributed by atoms with Crippen LogP contribution in [0, 0.1) is 0 Å². The first-order valence-electron chi connectivity index (χ1n) is 18.4. The number of hydrogen-bond acceptors (Lipinski definition) is 9. The minimum absolute atomic E-state index is 0.0275. The van der Waals surface area contributed by atoms with E-state index in [1.165, 1.54) is 12.0 Å². The molecular formula is C38H44ClF6N5O5S. The van der Waals surface area contributed by atoms with Crippen LogP contribution < -0.4 is 4.74 Å². The Morgan fingerprint density at radius 3 is 2.32 bits per heavy atom. The summed E-state index contributed by atoms with van der Waals surface area (Å²) in [6, 6.07) is 6.09. The molecule has 2 aromatic heterocycles. The van der Waals surface area contributed by atoms with E-state index >= 15 is 4.79 Å². The summed E-state index contributed by atoms with van der Waals surface area (Å²) >= 11 is 6.71. The number of fused-ring (bicyclic) bond motifs is 1. The van der Waals surface area contributed by atoms with Gasteiger partial charge in [0.05, 0.1) is 30.9 Å². The van der Waals surface area contributed by atoms with Gasteiger partial charge in [0.1, 0.15) is 16.3 Å². The first-order valence-corrected chi connectivity index (χ1v) is 19.6. The van der Waals surface area contributed by atoms with Crippen LogP contribution in [-0.4, -0.2) is 128 Å². The molecule has 6 rings (SSSR count). The van der Waals surface area contributed by atoms with Gasteiger partial charge in [-0.2, -0.15) is 26.3 Å². The van der Waals surface area contributed by atoms with Gasteiger partial charge in [0.15, 0.2) is 0 Å². The zero-order chi connectivity index (χ0) is 40.3. The minimum Gasteiger partial charge on any atom is -0.474 e. The van der Waals surface area contributed by atoms with Crippen LogP contribution in [0.3, 0.4) is 0 Å². The molecule has 3 aromatic rings. The second-order valence-corrected chi connectivity index (χ2v) is 15.5. The topological polar surface area (TPSA) is 87.7 Å². The van der Waals surface area contributed by atoms with Gasteiger partial charge in [-0.1, -0.05) is 17.7 Å². The average molecular weight is 832 g/mol. The Morgan fingerprint density at radius 2 is 1.66 bits per heavy atom. The molecule has 2 amide bonds. The molecule has 2 fully saturated rings. The molecule has 18 heteroatoms. The van der Waals surface area contributed by atoms with Gasteiger partial charge in [0, 0.05) is 95.7 Å². The molecule has 3 atom stereocenters. The molecule has 0 aliphatic carbocycles. The Morgan fingerprint density at radius 1 is 0.929 bits per heavy atom. The van der Waals surface area contributed by atoms with E-state index in [0.717, 1.165) is 47.4 Å². The highest BCUT2D eigenvalue weighted by Crippen LogP contribution is 2.44. The number of pyridine rings is 1. The third-order valence-corrected chi connectivity index (χ3v) is 12.0. The number of amides is 2. The van der Waals surface area contributed by atoms with Crippen molar-refractivity contribution in [3.8, 4) is 5.75 Å². The number of ether oxygens (including phenoxy) is 3. The number of likely N-dealkylation sites (tertiary alicyclic amines) is 1. The van der Waals surface area contributed by atoms with Gasteiger partial charge in [-0.25, -0.2) is 0 Å². The molecule has 56 heavy (non-hydrogen) atoms. The van der Waals surface area contributed by atoms with Crippen molar-refractivity contribution in [3.05, 3.63) is 80.3 Å². The van der Waals surface area contributed by atoms with Gasteiger partial charge in [0.2, 0.25) is 5.60 Å². The second-order valence-electron chi connectivity index (χ2n) is 14.2. The van der Waals surface area contributed by atoms with Gasteiger partial charge in [-0.15, -0.1) is 11.3 Å². The highest BCUT2D eigenvalue weighted by atomic mass is 35.5. The molecule has 2 saturated heterocycles. The maximum absolute atomic E-state index is 15.5. The molecule has 5 heterocycles. The number of thiophene rings is 1. The lowest BCUT2D eigenvalue weighted by Crippen LogP contribution is -2.69. The SMILES string of the molecule is COCCN1CCN(CC[C@H]2N(C(=O)c3ncccc3C(F)(F)F)CCC[C@@]2(Oc2csc(C(F)(F)F)c2)C(=O)N2CCc3cc(Cl)ccc3C2COC)CC1.